The highest BCUT2D eigenvalue weighted by atomic mass is 16.2. The summed E-state index contributed by atoms with van der Waals surface area (Å²) in [5.74, 6) is 0.452. The number of rotatable bonds is 3. The van der Waals surface area contributed by atoms with E-state index >= 15 is 0 Å². The first kappa shape index (κ1) is 17.2. The van der Waals surface area contributed by atoms with Gasteiger partial charge in [-0.05, 0) is 39.0 Å². The van der Waals surface area contributed by atoms with Crippen LogP contribution in [0.4, 0.5) is 11.6 Å². The molecule has 0 bridgehead atoms. The van der Waals surface area contributed by atoms with Gasteiger partial charge in [0.2, 0.25) is 5.95 Å². The zero-order valence-corrected chi connectivity index (χ0v) is 15.1. The van der Waals surface area contributed by atoms with Crippen LogP contribution in [0.1, 0.15) is 31.3 Å². The number of anilines is 2. The summed E-state index contributed by atoms with van der Waals surface area (Å²) in [6, 6.07) is 12.1. The Bertz CT molecular complexity index is 718. The third kappa shape index (κ3) is 4.47. The maximum absolute atomic E-state index is 12.3. The number of nitrogens with one attached hydrogen (secondary N) is 1. The van der Waals surface area contributed by atoms with Crippen LogP contribution >= 0.6 is 0 Å². The van der Waals surface area contributed by atoms with E-state index in [0.717, 1.165) is 26.2 Å². The lowest BCUT2D eigenvalue weighted by molar-refractivity contribution is 0.0914. The molecule has 0 unspecified atom stereocenters. The minimum atomic E-state index is -0.288. The monoisotopic (exact) mass is 339 g/mol. The van der Waals surface area contributed by atoms with Gasteiger partial charge in [-0.3, -0.25) is 4.79 Å². The predicted molar refractivity (Wildman–Crippen MR) is 100 cm³/mol. The SMILES string of the molecule is CC(C)(C)NC(=O)c1ccnc(N2CCN(c3ccccc3)CC2)n1. The first-order chi connectivity index (χ1) is 11.9. The van der Waals surface area contributed by atoms with Crippen molar-refractivity contribution in [3.8, 4) is 0 Å². The molecule has 6 heteroatoms. The number of carbonyl (C=O) groups excluding carboxylic acids is 1. The van der Waals surface area contributed by atoms with Crippen molar-refractivity contribution in [2.75, 3.05) is 36.0 Å². The van der Waals surface area contributed by atoms with Crippen molar-refractivity contribution >= 4 is 17.5 Å². The van der Waals surface area contributed by atoms with Crippen LogP contribution in [-0.4, -0.2) is 47.6 Å². The lowest BCUT2D eigenvalue weighted by atomic mass is 10.1. The van der Waals surface area contributed by atoms with Gasteiger partial charge in [-0.15, -0.1) is 0 Å². The summed E-state index contributed by atoms with van der Waals surface area (Å²) in [6.45, 7) is 9.34. The van der Waals surface area contributed by atoms with Crippen molar-refractivity contribution in [1.82, 2.24) is 15.3 Å². The predicted octanol–water partition coefficient (Wildman–Crippen LogP) is 2.33. The van der Waals surface area contributed by atoms with Gasteiger partial charge in [0.05, 0.1) is 0 Å². The molecule has 1 fully saturated rings. The van der Waals surface area contributed by atoms with Crippen molar-refractivity contribution in [2.45, 2.75) is 26.3 Å². The second-order valence-electron chi connectivity index (χ2n) is 7.26. The maximum Gasteiger partial charge on any atom is 0.270 e. The topological polar surface area (TPSA) is 61.4 Å². The third-order valence-electron chi connectivity index (χ3n) is 4.05. The summed E-state index contributed by atoms with van der Waals surface area (Å²) in [4.78, 5) is 25.6. The van der Waals surface area contributed by atoms with Crippen LogP contribution in [0, 0.1) is 0 Å². The van der Waals surface area contributed by atoms with Crippen LogP contribution < -0.4 is 15.1 Å². The number of nitrogens with zero attached hydrogens (tertiary/aromatic N) is 4. The molecule has 0 saturated carbocycles. The quantitative estimate of drug-likeness (QED) is 0.930. The number of para-hydroxylation sites is 1. The summed E-state index contributed by atoms with van der Waals surface area (Å²) in [6.07, 6.45) is 1.66. The molecule has 1 amide bonds. The van der Waals surface area contributed by atoms with Gasteiger partial charge in [0.15, 0.2) is 0 Å². The molecule has 6 nitrogen and oxygen atoms in total. The van der Waals surface area contributed by atoms with E-state index in [2.05, 4.69) is 49.4 Å². The molecule has 1 N–H and O–H groups in total. The average Bonchev–Trinajstić information content (AvgIpc) is 2.61. The Hall–Kier alpha value is -2.63. The fraction of sp³-hybridized carbons (Fsp3) is 0.421. The summed E-state index contributed by atoms with van der Waals surface area (Å²) >= 11 is 0. The van der Waals surface area contributed by atoms with E-state index in [1.807, 2.05) is 26.8 Å². The van der Waals surface area contributed by atoms with Gasteiger partial charge in [-0.25, -0.2) is 9.97 Å². The molecule has 2 aromatic rings. The minimum absolute atomic E-state index is 0.168. The zero-order valence-electron chi connectivity index (χ0n) is 15.1. The number of amides is 1. The summed E-state index contributed by atoms with van der Waals surface area (Å²) < 4.78 is 0. The Balaban J connectivity index is 1.66. The number of hydrogen-bond acceptors (Lipinski definition) is 5. The van der Waals surface area contributed by atoms with Crippen LogP contribution in [0.25, 0.3) is 0 Å². The van der Waals surface area contributed by atoms with E-state index in [1.54, 1.807) is 12.3 Å². The highest BCUT2D eigenvalue weighted by molar-refractivity contribution is 5.92. The summed E-state index contributed by atoms with van der Waals surface area (Å²) in [5.41, 5.74) is 1.36. The van der Waals surface area contributed by atoms with Crippen LogP contribution in [-0.2, 0) is 0 Å². The molecule has 1 aliphatic heterocycles. The van der Waals surface area contributed by atoms with Crippen LogP contribution in [0.15, 0.2) is 42.6 Å². The molecule has 0 spiro atoms. The number of benzene rings is 1. The van der Waals surface area contributed by atoms with E-state index in [0.29, 0.717) is 11.6 Å². The number of aromatic nitrogens is 2. The molecule has 1 aliphatic rings. The van der Waals surface area contributed by atoms with Crippen LogP contribution in [0.3, 0.4) is 0 Å². The van der Waals surface area contributed by atoms with Gasteiger partial charge in [0.1, 0.15) is 5.69 Å². The van der Waals surface area contributed by atoms with E-state index < -0.39 is 0 Å². The Labute approximate surface area is 148 Å². The van der Waals surface area contributed by atoms with Gasteiger partial charge in [-0.2, -0.15) is 0 Å². The van der Waals surface area contributed by atoms with E-state index in [-0.39, 0.29) is 11.4 Å². The maximum atomic E-state index is 12.3. The van der Waals surface area contributed by atoms with E-state index in [1.165, 1.54) is 5.69 Å². The molecule has 1 aromatic carbocycles. The van der Waals surface area contributed by atoms with Gasteiger partial charge >= 0.3 is 0 Å². The van der Waals surface area contributed by atoms with Gasteiger partial charge in [0.25, 0.3) is 5.91 Å². The molecule has 2 heterocycles. The summed E-state index contributed by atoms with van der Waals surface area (Å²) in [7, 11) is 0. The van der Waals surface area contributed by atoms with Crippen LogP contribution in [0.2, 0.25) is 0 Å². The van der Waals surface area contributed by atoms with E-state index in [4.69, 9.17) is 0 Å². The van der Waals surface area contributed by atoms with Crippen molar-refractivity contribution in [1.29, 1.82) is 0 Å². The molecule has 1 saturated heterocycles. The fourth-order valence-corrected chi connectivity index (χ4v) is 2.84. The molecular formula is C19H25N5O. The lowest BCUT2D eigenvalue weighted by Gasteiger charge is -2.36. The van der Waals surface area contributed by atoms with Crippen molar-refractivity contribution < 1.29 is 4.79 Å². The Kier molecular flexibility index (Phi) is 4.88. The molecule has 0 radical (unpaired) electrons. The lowest BCUT2D eigenvalue weighted by Crippen LogP contribution is -2.47. The molecule has 3 rings (SSSR count). The van der Waals surface area contributed by atoms with Gasteiger partial charge in [-0.1, -0.05) is 18.2 Å². The normalized spacial score (nSPS) is 15.2. The van der Waals surface area contributed by atoms with Crippen molar-refractivity contribution in [3.05, 3.63) is 48.3 Å². The van der Waals surface area contributed by atoms with E-state index in [9.17, 15) is 4.79 Å². The molecule has 25 heavy (non-hydrogen) atoms. The standard InChI is InChI=1S/C19H25N5O/c1-19(2,3)22-17(25)16-9-10-20-18(21-16)24-13-11-23(12-14-24)15-7-5-4-6-8-15/h4-10H,11-14H2,1-3H3,(H,22,25). The average molecular weight is 339 g/mol. The number of carbonyl (C=O) groups is 1. The molecule has 132 valence electrons. The number of hydrogen-bond donors (Lipinski definition) is 1. The molecule has 0 atom stereocenters. The number of piperazine rings is 1. The second kappa shape index (κ2) is 7.09. The first-order valence-corrected chi connectivity index (χ1v) is 8.63. The Morgan fingerprint density at radius 2 is 1.64 bits per heavy atom. The molecule has 1 aromatic heterocycles. The largest absolute Gasteiger partial charge is 0.368 e. The smallest absolute Gasteiger partial charge is 0.270 e. The van der Waals surface area contributed by atoms with Crippen LogP contribution in [0.5, 0.6) is 0 Å². The highest BCUT2D eigenvalue weighted by Gasteiger charge is 2.21. The van der Waals surface area contributed by atoms with Gasteiger partial charge in [0, 0.05) is 43.6 Å². The second-order valence-corrected chi connectivity index (χ2v) is 7.26. The van der Waals surface area contributed by atoms with Crippen molar-refractivity contribution in [2.24, 2.45) is 0 Å². The first-order valence-electron chi connectivity index (χ1n) is 8.63. The highest BCUT2D eigenvalue weighted by Crippen LogP contribution is 2.18. The minimum Gasteiger partial charge on any atom is -0.368 e. The third-order valence-corrected chi connectivity index (χ3v) is 4.05. The van der Waals surface area contributed by atoms with Gasteiger partial charge < -0.3 is 15.1 Å². The Morgan fingerprint density at radius 1 is 1.00 bits per heavy atom. The fourth-order valence-electron chi connectivity index (χ4n) is 2.84. The molecule has 0 aliphatic carbocycles. The summed E-state index contributed by atoms with van der Waals surface area (Å²) in [5, 5.41) is 2.94. The Morgan fingerprint density at radius 3 is 2.28 bits per heavy atom. The van der Waals surface area contributed by atoms with Crippen molar-refractivity contribution in [3.63, 3.8) is 0 Å². The zero-order chi connectivity index (χ0) is 17.9. The molecular weight excluding hydrogens is 314 g/mol.